The lowest BCUT2D eigenvalue weighted by Gasteiger charge is -2.12. The van der Waals surface area contributed by atoms with E-state index in [1.54, 1.807) is 0 Å². The summed E-state index contributed by atoms with van der Waals surface area (Å²) in [5.41, 5.74) is 5.43. The highest BCUT2D eigenvalue weighted by molar-refractivity contribution is 5.94. The molecule has 0 radical (unpaired) electrons. The van der Waals surface area contributed by atoms with Crippen LogP contribution in [-0.4, -0.2) is 9.97 Å². The minimum Gasteiger partial charge on any atom is -0.228 e. The van der Waals surface area contributed by atoms with Crippen molar-refractivity contribution in [3.8, 4) is 22.6 Å². The largest absolute Gasteiger partial charge is 0.228 e. The van der Waals surface area contributed by atoms with Gasteiger partial charge in [0.25, 0.3) is 0 Å². The molecule has 0 aliphatic heterocycles. The lowest BCUT2D eigenvalue weighted by molar-refractivity contribution is 0.868. The Morgan fingerprint density at radius 3 is 1.96 bits per heavy atom. The summed E-state index contributed by atoms with van der Waals surface area (Å²) >= 11 is 0. The van der Waals surface area contributed by atoms with Gasteiger partial charge in [0.2, 0.25) is 0 Å². The van der Waals surface area contributed by atoms with Crippen LogP contribution in [-0.2, 0) is 0 Å². The summed E-state index contributed by atoms with van der Waals surface area (Å²) in [7, 11) is 0. The minimum absolute atomic E-state index is 0.472. The van der Waals surface area contributed by atoms with Crippen molar-refractivity contribution in [1.29, 1.82) is 0 Å². The van der Waals surface area contributed by atoms with E-state index in [2.05, 4.69) is 56.3 Å². The number of benzene rings is 3. The number of hydrogen-bond donors (Lipinski definition) is 0. The summed E-state index contributed by atoms with van der Waals surface area (Å²) in [6.45, 7) is 4.41. The van der Waals surface area contributed by atoms with Gasteiger partial charge in [-0.15, -0.1) is 0 Å². The van der Waals surface area contributed by atoms with Crippen LogP contribution in [0.25, 0.3) is 33.5 Å². The predicted octanol–water partition coefficient (Wildman–Crippen LogP) is 6.09. The summed E-state index contributed by atoms with van der Waals surface area (Å²) in [4.78, 5) is 9.77. The van der Waals surface area contributed by atoms with Crippen LogP contribution in [0.3, 0.4) is 0 Å². The molecule has 1 aromatic heterocycles. The highest BCUT2D eigenvalue weighted by Gasteiger charge is 2.12. The molecular formula is C23H20N2. The molecule has 0 N–H and O–H groups in total. The molecule has 0 saturated carbocycles. The van der Waals surface area contributed by atoms with Crippen molar-refractivity contribution in [3.63, 3.8) is 0 Å². The van der Waals surface area contributed by atoms with Crippen molar-refractivity contribution >= 4 is 10.9 Å². The van der Waals surface area contributed by atoms with Gasteiger partial charge < -0.3 is 0 Å². The summed E-state index contributed by atoms with van der Waals surface area (Å²) in [5, 5.41) is 1.09. The SMILES string of the molecule is CC(C)c1ccc2c(-c3ccccc3)nc(-c3ccccc3)nc2c1. The molecule has 0 atom stereocenters. The molecule has 2 nitrogen and oxygen atoms in total. The Morgan fingerprint density at radius 2 is 1.32 bits per heavy atom. The van der Waals surface area contributed by atoms with Crippen LogP contribution in [0.2, 0.25) is 0 Å². The molecular weight excluding hydrogens is 304 g/mol. The number of fused-ring (bicyclic) bond motifs is 1. The Labute approximate surface area is 148 Å². The first-order valence-electron chi connectivity index (χ1n) is 8.65. The first kappa shape index (κ1) is 15.5. The fourth-order valence-electron chi connectivity index (χ4n) is 3.04. The molecule has 0 saturated heterocycles. The zero-order valence-electron chi connectivity index (χ0n) is 14.5. The Kier molecular flexibility index (Phi) is 4.02. The molecule has 0 bridgehead atoms. The molecule has 3 aromatic carbocycles. The highest BCUT2D eigenvalue weighted by atomic mass is 14.9. The zero-order chi connectivity index (χ0) is 17.2. The maximum atomic E-state index is 4.90. The van der Waals surface area contributed by atoms with E-state index in [9.17, 15) is 0 Å². The van der Waals surface area contributed by atoms with E-state index in [4.69, 9.17) is 9.97 Å². The molecule has 0 aliphatic carbocycles. The number of hydrogen-bond acceptors (Lipinski definition) is 2. The van der Waals surface area contributed by atoms with Crippen molar-refractivity contribution in [2.45, 2.75) is 19.8 Å². The van der Waals surface area contributed by atoms with Gasteiger partial charge in [0.1, 0.15) is 0 Å². The van der Waals surface area contributed by atoms with Crippen molar-refractivity contribution < 1.29 is 0 Å². The van der Waals surface area contributed by atoms with E-state index in [0.717, 1.165) is 33.5 Å². The third kappa shape index (κ3) is 3.03. The Bertz CT molecular complexity index is 1010. The van der Waals surface area contributed by atoms with Gasteiger partial charge in [0, 0.05) is 16.5 Å². The van der Waals surface area contributed by atoms with Crippen molar-refractivity contribution in [3.05, 3.63) is 84.4 Å². The van der Waals surface area contributed by atoms with Crippen LogP contribution >= 0.6 is 0 Å². The smallest absolute Gasteiger partial charge is 0.160 e. The van der Waals surface area contributed by atoms with Gasteiger partial charge >= 0.3 is 0 Å². The molecule has 2 heteroatoms. The monoisotopic (exact) mass is 324 g/mol. The Morgan fingerprint density at radius 1 is 0.680 bits per heavy atom. The van der Waals surface area contributed by atoms with Crippen LogP contribution < -0.4 is 0 Å². The van der Waals surface area contributed by atoms with E-state index in [1.807, 2.05) is 36.4 Å². The van der Waals surface area contributed by atoms with Crippen LogP contribution in [0.5, 0.6) is 0 Å². The standard InChI is InChI=1S/C23H20N2/c1-16(2)19-13-14-20-21(15-19)24-23(18-11-7-4-8-12-18)25-22(20)17-9-5-3-6-10-17/h3-16H,1-2H3. The first-order valence-corrected chi connectivity index (χ1v) is 8.65. The first-order chi connectivity index (χ1) is 12.2. The average Bonchev–Trinajstić information content (AvgIpc) is 2.68. The maximum Gasteiger partial charge on any atom is 0.160 e. The molecule has 0 unspecified atom stereocenters. The Balaban J connectivity index is 2.01. The number of aromatic nitrogens is 2. The highest BCUT2D eigenvalue weighted by Crippen LogP contribution is 2.30. The molecule has 25 heavy (non-hydrogen) atoms. The third-order valence-electron chi connectivity index (χ3n) is 4.47. The average molecular weight is 324 g/mol. The van der Waals surface area contributed by atoms with Gasteiger partial charge in [-0.05, 0) is 17.5 Å². The molecule has 0 amide bonds. The van der Waals surface area contributed by atoms with Crippen molar-refractivity contribution in [2.75, 3.05) is 0 Å². The topological polar surface area (TPSA) is 25.8 Å². The Hall–Kier alpha value is -3.00. The molecule has 1 heterocycles. The molecule has 4 aromatic rings. The van der Waals surface area contributed by atoms with Crippen molar-refractivity contribution in [2.24, 2.45) is 0 Å². The second kappa shape index (κ2) is 6.48. The zero-order valence-corrected chi connectivity index (χ0v) is 14.5. The van der Waals surface area contributed by atoms with Gasteiger partial charge in [-0.2, -0.15) is 0 Å². The van der Waals surface area contributed by atoms with Gasteiger partial charge in [-0.3, -0.25) is 0 Å². The maximum absolute atomic E-state index is 4.90. The van der Waals surface area contributed by atoms with Gasteiger partial charge in [0.05, 0.1) is 11.2 Å². The molecule has 0 fully saturated rings. The summed E-state index contributed by atoms with van der Waals surface area (Å²) in [5.74, 6) is 1.24. The van der Waals surface area contributed by atoms with E-state index in [1.165, 1.54) is 5.56 Å². The van der Waals surface area contributed by atoms with Crippen LogP contribution in [0, 0.1) is 0 Å². The molecule has 0 aliphatic rings. The van der Waals surface area contributed by atoms with E-state index in [0.29, 0.717) is 5.92 Å². The molecule has 4 rings (SSSR count). The molecule has 122 valence electrons. The van der Waals surface area contributed by atoms with Crippen LogP contribution in [0.1, 0.15) is 25.3 Å². The predicted molar refractivity (Wildman–Crippen MR) is 104 cm³/mol. The summed E-state index contributed by atoms with van der Waals surface area (Å²) in [6.07, 6.45) is 0. The molecule has 0 spiro atoms. The number of nitrogens with zero attached hydrogens (tertiary/aromatic N) is 2. The fourth-order valence-corrected chi connectivity index (χ4v) is 3.04. The second-order valence-corrected chi connectivity index (χ2v) is 6.56. The summed E-state index contributed by atoms with van der Waals surface area (Å²) < 4.78 is 0. The van der Waals surface area contributed by atoms with E-state index in [-0.39, 0.29) is 0 Å². The lowest BCUT2D eigenvalue weighted by atomic mass is 9.99. The van der Waals surface area contributed by atoms with Gasteiger partial charge in [-0.25, -0.2) is 9.97 Å². The quantitative estimate of drug-likeness (QED) is 0.456. The second-order valence-electron chi connectivity index (χ2n) is 6.56. The third-order valence-corrected chi connectivity index (χ3v) is 4.47. The normalized spacial score (nSPS) is 11.2. The van der Waals surface area contributed by atoms with Gasteiger partial charge in [0.15, 0.2) is 5.82 Å². The minimum atomic E-state index is 0.472. The van der Waals surface area contributed by atoms with Crippen molar-refractivity contribution in [1.82, 2.24) is 9.97 Å². The van der Waals surface area contributed by atoms with E-state index >= 15 is 0 Å². The number of rotatable bonds is 3. The van der Waals surface area contributed by atoms with Crippen LogP contribution in [0.4, 0.5) is 0 Å². The fraction of sp³-hybridized carbons (Fsp3) is 0.130. The summed E-state index contributed by atoms with van der Waals surface area (Å²) in [6, 6.07) is 27.0. The lowest BCUT2D eigenvalue weighted by Crippen LogP contribution is -1.96. The van der Waals surface area contributed by atoms with E-state index < -0.39 is 0 Å². The van der Waals surface area contributed by atoms with Gasteiger partial charge in [-0.1, -0.05) is 86.6 Å². The van der Waals surface area contributed by atoms with Crippen LogP contribution in [0.15, 0.2) is 78.9 Å².